The Kier molecular flexibility index (Phi) is 25.3. The van der Waals surface area contributed by atoms with Crippen LogP contribution in [0.4, 0.5) is 0 Å². The van der Waals surface area contributed by atoms with Gasteiger partial charge in [0.25, 0.3) is 0 Å². The maximum Gasteiger partial charge on any atom is 0.331 e. The predicted octanol–water partition coefficient (Wildman–Crippen LogP) is 21.0. The molecule has 0 spiro atoms. The highest BCUT2D eigenvalue weighted by Gasteiger charge is 2.24. The first kappa shape index (κ1) is 78.0. The van der Waals surface area contributed by atoms with Crippen LogP contribution in [0.3, 0.4) is 0 Å². The lowest BCUT2D eigenvalue weighted by Crippen LogP contribution is -2.32. The van der Waals surface area contributed by atoms with Crippen molar-refractivity contribution in [2.75, 3.05) is 0 Å². The number of hydrogen-bond donors (Lipinski definition) is 0. The average molecular weight is 1430 g/mol. The Morgan fingerprint density at radius 1 is 0.287 bits per heavy atom. The highest BCUT2D eigenvalue weighted by atomic mass is 15.0. The molecule has 0 unspecified atom stereocenters. The summed E-state index contributed by atoms with van der Waals surface area (Å²) in [6.45, 7) is 33.0. The third kappa shape index (κ3) is 18.8. The summed E-state index contributed by atoms with van der Waals surface area (Å²) in [4.78, 5) is 24.5. The smallest absolute Gasteiger partial charge is 0.252 e. The third-order valence-electron chi connectivity index (χ3n) is 20.1. The van der Waals surface area contributed by atoms with E-state index in [0.717, 1.165) is 70.0 Å². The van der Waals surface area contributed by atoms with E-state index in [4.69, 9.17) is 24.9 Å². The van der Waals surface area contributed by atoms with Gasteiger partial charge in [-0.2, -0.15) is 0 Å². The summed E-state index contributed by atoms with van der Waals surface area (Å²) in [5.41, 5.74) is 26.6. The van der Waals surface area contributed by atoms with Crippen molar-refractivity contribution in [1.29, 1.82) is 0 Å². The normalized spacial score (nSPS) is 11.3. The number of rotatable bonds is 13. The molecular formula is C98H111N10+5. The quantitative estimate of drug-likeness (QED) is 0.107. The summed E-state index contributed by atoms with van der Waals surface area (Å²) in [5, 5.41) is 6.06. The standard InChI is InChI=1S/3C20H23N2.2C19H21N2/c1-14(2)12-16-9-7-11-19-18(16)13-22(4)20(21-19)17-10-6-5-8-15(17)3;1-14(2)11-17-10-9-16-13-22(4)20(12-19(16)21-17)18-8-6-5-7-15(18)3;1-14(2)11-16-9-10-17-13-22(4)20(21-19(17)12-16)18-8-6-5-7-15(18)3;1-13(2)15-10-7-11-18-17(15)12-21(4)19(20-18)16-9-6-5-8-14(16)3;1-13(2)17-10-9-15-12-21(4)19(11-18(15)20-17)16-8-6-5-7-14(16)3/h5-11,13-14H,12H2,1-4H3;2*5-10,12-14H,11H2,1-4H3;2*5-13H,1-4H3/q5*+1. The first-order valence-electron chi connectivity index (χ1n) is 38.5. The average Bonchev–Trinajstić information content (AvgIpc) is 0.803. The van der Waals surface area contributed by atoms with Gasteiger partial charge in [0.05, 0.1) is 75.8 Å². The fourth-order valence-electron chi connectivity index (χ4n) is 14.4. The summed E-state index contributed by atoms with van der Waals surface area (Å²) in [6, 6.07) is 74.7. The van der Waals surface area contributed by atoms with Crippen molar-refractivity contribution in [2.45, 2.75) is 135 Å². The van der Waals surface area contributed by atoms with Crippen molar-refractivity contribution in [2.24, 2.45) is 53.0 Å². The second-order valence-corrected chi connectivity index (χ2v) is 31.3. The molecule has 7 aromatic heterocycles. The van der Waals surface area contributed by atoms with E-state index in [1.54, 1.807) is 0 Å². The molecule has 7 heterocycles. The lowest BCUT2D eigenvalue weighted by atomic mass is 9.99. The number of nitrogens with zero attached hydrogens (tertiary/aromatic N) is 10. The van der Waals surface area contributed by atoms with Crippen LogP contribution in [0, 0.1) is 52.4 Å². The molecule has 0 amide bonds. The number of hydrogen-bond acceptors (Lipinski definition) is 5. The Hall–Kier alpha value is -11.1. The lowest BCUT2D eigenvalue weighted by Gasteiger charge is -2.09. The molecule has 0 N–H and O–H groups in total. The Labute approximate surface area is 642 Å². The van der Waals surface area contributed by atoms with Gasteiger partial charge in [-0.15, -0.1) is 0 Å². The number of benzene rings is 8. The van der Waals surface area contributed by atoms with Crippen LogP contribution in [0.15, 0.2) is 243 Å². The van der Waals surface area contributed by atoms with E-state index < -0.39 is 0 Å². The number of aryl methyl sites for hydroxylation is 10. The predicted molar refractivity (Wildman–Crippen MR) is 449 cm³/mol. The van der Waals surface area contributed by atoms with Crippen LogP contribution in [0.5, 0.6) is 0 Å². The topological polar surface area (TPSA) is 83.8 Å². The molecular weight excluding hydrogens is 1320 g/mol. The molecule has 108 heavy (non-hydrogen) atoms. The van der Waals surface area contributed by atoms with Gasteiger partial charge in [-0.1, -0.05) is 191 Å². The molecule has 548 valence electrons. The van der Waals surface area contributed by atoms with Crippen LogP contribution < -0.4 is 22.8 Å². The van der Waals surface area contributed by atoms with Crippen LogP contribution in [0.1, 0.15) is 137 Å². The molecule has 0 aliphatic heterocycles. The summed E-state index contributed by atoms with van der Waals surface area (Å²) in [6.07, 6.45) is 14.1. The Bertz CT molecular complexity index is 5420. The molecule has 0 aliphatic carbocycles. The van der Waals surface area contributed by atoms with E-state index in [1.807, 2.05) is 0 Å². The number of aromatic nitrogens is 10. The number of fused-ring (bicyclic) bond motifs is 5. The van der Waals surface area contributed by atoms with Gasteiger partial charge in [0, 0.05) is 34.6 Å². The minimum atomic E-state index is 0.449. The molecule has 0 bridgehead atoms. The molecule has 10 nitrogen and oxygen atoms in total. The van der Waals surface area contributed by atoms with Crippen molar-refractivity contribution in [3.05, 3.63) is 299 Å². The summed E-state index contributed by atoms with van der Waals surface area (Å²) in [7, 11) is 10.4. The highest BCUT2D eigenvalue weighted by molar-refractivity contribution is 5.85. The second-order valence-electron chi connectivity index (χ2n) is 31.3. The van der Waals surface area contributed by atoms with Gasteiger partial charge in [-0.05, 0) is 222 Å². The molecule has 0 fully saturated rings. The molecule has 10 heteroatoms. The van der Waals surface area contributed by atoms with Crippen molar-refractivity contribution >= 4 is 54.5 Å². The van der Waals surface area contributed by atoms with Gasteiger partial charge in [0.1, 0.15) is 32.7 Å². The van der Waals surface area contributed by atoms with Crippen LogP contribution >= 0.6 is 0 Å². The zero-order valence-corrected chi connectivity index (χ0v) is 67.6. The minimum Gasteiger partial charge on any atom is -0.252 e. The zero-order chi connectivity index (χ0) is 77.0. The molecule has 15 aromatic rings. The van der Waals surface area contributed by atoms with Gasteiger partial charge >= 0.3 is 17.5 Å². The summed E-state index contributed by atoms with van der Waals surface area (Å²) >= 11 is 0. The van der Waals surface area contributed by atoms with Crippen LogP contribution in [-0.2, 0) is 54.5 Å². The van der Waals surface area contributed by atoms with E-state index >= 15 is 0 Å². The minimum absolute atomic E-state index is 0.449. The van der Waals surface area contributed by atoms with Crippen molar-refractivity contribution in [3.63, 3.8) is 0 Å². The van der Waals surface area contributed by atoms with Crippen LogP contribution in [0.25, 0.3) is 111 Å². The molecule has 0 saturated carbocycles. The molecule has 0 radical (unpaired) electrons. The van der Waals surface area contributed by atoms with E-state index in [-0.39, 0.29) is 0 Å². The van der Waals surface area contributed by atoms with Crippen molar-refractivity contribution in [3.8, 4) is 56.7 Å². The van der Waals surface area contributed by atoms with E-state index in [0.29, 0.717) is 29.6 Å². The Balaban J connectivity index is 0.000000134. The van der Waals surface area contributed by atoms with Crippen molar-refractivity contribution < 1.29 is 22.8 Å². The first-order chi connectivity index (χ1) is 51.8. The monoisotopic (exact) mass is 1430 g/mol. The van der Waals surface area contributed by atoms with Gasteiger partial charge in [0.15, 0.2) is 28.9 Å². The largest absolute Gasteiger partial charge is 0.331 e. The summed E-state index contributed by atoms with van der Waals surface area (Å²) < 4.78 is 10.8. The molecule has 8 aromatic carbocycles. The van der Waals surface area contributed by atoms with Crippen LogP contribution in [0.2, 0.25) is 0 Å². The molecule has 0 atom stereocenters. The number of pyridine rings is 4. The maximum absolute atomic E-state index is 4.94. The van der Waals surface area contributed by atoms with Gasteiger partial charge in [0.2, 0.25) is 11.4 Å². The van der Waals surface area contributed by atoms with Gasteiger partial charge in [-0.25, -0.2) is 22.8 Å². The van der Waals surface area contributed by atoms with E-state index in [1.165, 1.54) is 116 Å². The molecule has 0 aliphatic rings. The first-order valence-corrected chi connectivity index (χ1v) is 38.5. The van der Waals surface area contributed by atoms with Gasteiger partial charge < -0.3 is 0 Å². The maximum atomic E-state index is 4.94. The molecule has 15 rings (SSSR count). The SMILES string of the molecule is Cc1ccccc1-c1cc2nc(C(C)C)ccc2c[n+]1C.Cc1ccccc1-c1cc2nc(CC(C)C)ccc2c[n+]1C.Cc1ccccc1-c1nc2cc(CC(C)C)ccc2c[n+]1C.Cc1ccccc1-c1nc2cccc(C(C)C)c2c[n+]1C.Cc1ccccc1-c1nc2cccc(CC(C)C)c2c[n+]1C. The highest BCUT2D eigenvalue weighted by Crippen LogP contribution is 2.31. The Morgan fingerprint density at radius 2 is 0.667 bits per heavy atom. The van der Waals surface area contributed by atoms with Gasteiger partial charge in [-0.3, -0.25) is 9.97 Å². The van der Waals surface area contributed by atoms with Crippen LogP contribution in [-0.4, -0.2) is 24.9 Å². The van der Waals surface area contributed by atoms with E-state index in [2.05, 4.69) is 405 Å². The summed E-state index contributed by atoms with van der Waals surface area (Å²) in [5.74, 6) is 5.94. The zero-order valence-electron chi connectivity index (χ0n) is 67.6. The second kappa shape index (κ2) is 35.1. The van der Waals surface area contributed by atoms with Crippen molar-refractivity contribution in [1.82, 2.24) is 24.9 Å². The fourth-order valence-corrected chi connectivity index (χ4v) is 14.4. The Morgan fingerprint density at radius 3 is 1.12 bits per heavy atom. The lowest BCUT2D eigenvalue weighted by molar-refractivity contribution is -0.661. The molecule has 0 saturated heterocycles. The third-order valence-corrected chi connectivity index (χ3v) is 20.1. The fraction of sp³-hybridized carbons (Fsp3) is 0.286. The van der Waals surface area contributed by atoms with E-state index in [9.17, 15) is 0 Å².